The Morgan fingerprint density at radius 1 is 0.946 bits per heavy atom. The van der Waals surface area contributed by atoms with E-state index in [-0.39, 0.29) is 16.8 Å². The van der Waals surface area contributed by atoms with Gasteiger partial charge in [0.25, 0.3) is 15.9 Å². The molecule has 1 aliphatic rings. The lowest BCUT2D eigenvalue weighted by Crippen LogP contribution is -2.44. The minimum Gasteiger partial charge on any atom is -0.497 e. The first-order valence-electron chi connectivity index (χ1n) is 12.2. The Labute approximate surface area is 217 Å². The predicted octanol–water partition coefficient (Wildman–Crippen LogP) is 4.21. The normalized spacial score (nSPS) is 15.2. The van der Waals surface area contributed by atoms with E-state index >= 15 is 0 Å². The summed E-state index contributed by atoms with van der Waals surface area (Å²) in [5.74, 6) is 0.933. The Morgan fingerprint density at radius 2 is 1.65 bits per heavy atom. The zero-order valence-corrected chi connectivity index (χ0v) is 22.3. The molecule has 2 heterocycles. The number of hydrogen-bond acceptors (Lipinski definition) is 6. The summed E-state index contributed by atoms with van der Waals surface area (Å²) < 4.78 is 40.3. The second-order valence-electron chi connectivity index (χ2n) is 9.49. The third-order valence-electron chi connectivity index (χ3n) is 7.37. The number of methoxy groups -OCH3 is 2. The third-order valence-corrected chi connectivity index (χ3v) is 9.10. The SMILES string of the molecule is COc1ccc2c(c1)c(C(=O)N(C)C1CCN(C)CC1)cn2S(=O)(=O)c1ccc(OC)c2ccccc12. The quantitative estimate of drug-likeness (QED) is 0.378. The lowest BCUT2D eigenvalue weighted by atomic mass is 10.0. The molecule has 8 nitrogen and oxygen atoms in total. The fraction of sp³-hybridized carbons (Fsp3) is 0.321. The molecule has 194 valence electrons. The maximum Gasteiger partial charge on any atom is 0.268 e. The van der Waals surface area contributed by atoms with Crippen molar-refractivity contribution in [2.45, 2.75) is 23.8 Å². The number of carbonyl (C=O) groups is 1. The number of benzene rings is 3. The average molecular weight is 522 g/mol. The van der Waals surface area contributed by atoms with Crippen LogP contribution in [0.5, 0.6) is 11.5 Å². The van der Waals surface area contributed by atoms with Gasteiger partial charge in [-0.3, -0.25) is 4.79 Å². The molecule has 0 radical (unpaired) electrons. The van der Waals surface area contributed by atoms with Crippen molar-refractivity contribution in [2.24, 2.45) is 0 Å². The van der Waals surface area contributed by atoms with Crippen LogP contribution in [-0.4, -0.2) is 75.5 Å². The van der Waals surface area contributed by atoms with E-state index < -0.39 is 10.0 Å². The van der Waals surface area contributed by atoms with Gasteiger partial charge in [-0.2, -0.15) is 0 Å². The van der Waals surface area contributed by atoms with Crippen molar-refractivity contribution in [1.82, 2.24) is 13.8 Å². The summed E-state index contributed by atoms with van der Waals surface area (Å²) >= 11 is 0. The van der Waals surface area contributed by atoms with Gasteiger partial charge in [-0.25, -0.2) is 12.4 Å². The van der Waals surface area contributed by atoms with Gasteiger partial charge in [0.05, 0.1) is 30.2 Å². The number of nitrogens with zero attached hydrogens (tertiary/aromatic N) is 3. The monoisotopic (exact) mass is 521 g/mol. The highest BCUT2D eigenvalue weighted by atomic mass is 32.2. The lowest BCUT2D eigenvalue weighted by Gasteiger charge is -2.35. The number of rotatable bonds is 6. The molecule has 4 aromatic rings. The number of aromatic nitrogens is 1. The standard InChI is InChI=1S/C28H31N3O5S/c1-29-15-13-19(14-16-29)30(2)28(32)24-18-31(25-10-9-20(35-3)17-23(24)25)37(33,34)27-12-11-26(36-4)21-7-5-6-8-22(21)27/h5-12,17-19H,13-16H2,1-4H3. The van der Waals surface area contributed by atoms with Crippen molar-refractivity contribution in [1.29, 1.82) is 0 Å². The fourth-order valence-electron chi connectivity index (χ4n) is 5.17. The lowest BCUT2D eigenvalue weighted by molar-refractivity contribution is 0.0661. The van der Waals surface area contributed by atoms with Crippen LogP contribution in [0, 0.1) is 0 Å². The molecule has 0 unspecified atom stereocenters. The Kier molecular flexibility index (Phi) is 6.59. The molecule has 5 rings (SSSR count). The molecule has 0 spiro atoms. The molecule has 9 heteroatoms. The van der Waals surface area contributed by atoms with E-state index in [0.29, 0.717) is 38.7 Å². The molecule has 1 saturated heterocycles. The predicted molar refractivity (Wildman–Crippen MR) is 144 cm³/mol. The first-order chi connectivity index (χ1) is 17.8. The van der Waals surface area contributed by atoms with Crippen molar-refractivity contribution >= 4 is 37.6 Å². The van der Waals surface area contributed by atoms with Gasteiger partial charge in [-0.15, -0.1) is 0 Å². The van der Waals surface area contributed by atoms with Gasteiger partial charge in [0, 0.05) is 35.4 Å². The van der Waals surface area contributed by atoms with E-state index in [4.69, 9.17) is 9.47 Å². The Bertz CT molecular complexity index is 1590. The van der Waals surface area contributed by atoms with Crippen molar-refractivity contribution in [2.75, 3.05) is 41.4 Å². The minimum atomic E-state index is -4.06. The van der Waals surface area contributed by atoms with E-state index in [0.717, 1.165) is 25.9 Å². The topological polar surface area (TPSA) is 81.1 Å². The van der Waals surface area contributed by atoms with Crippen LogP contribution in [0.2, 0.25) is 0 Å². The van der Waals surface area contributed by atoms with Crippen LogP contribution in [0.1, 0.15) is 23.2 Å². The zero-order chi connectivity index (χ0) is 26.3. The molecule has 0 N–H and O–H groups in total. The van der Waals surface area contributed by atoms with Crippen molar-refractivity contribution < 1.29 is 22.7 Å². The number of fused-ring (bicyclic) bond motifs is 2. The summed E-state index contributed by atoms with van der Waals surface area (Å²) in [6.45, 7) is 1.83. The van der Waals surface area contributed by atoms with Crippen LogP contribution in [-0.2, 0) is 10.0 Å². The molecule has 0 aliphatic carbocycles. The molecule has 0 saturated carbocycles. The fourth-order valence-corrected chi connectivity index (χ4v) is 6.74. The van der Waals surface area contributed by atoms with Crippen LogP contribution in [0.4, 0.5) is 0 Å². The van der Waals surface area contributed by atoms with Gasteiger partial charge in [0.1, 0.15) is 11.5 Å². The summed E-state index contributed by atoms with van der Waals surface area (Å²) in [5, 5.41) is 1.78. The van der Waals surface area contributed by atoms with Gasteiger partial charge in [-0.1, -0.05) is 24.3 Å². The molecule has 3 aromatic carbocycles. The third kappa shape index (κ3) is 4.32. The number of carbonyl (C=O) groups excluding carboxylic acids is 1. The van der Waals surface area contributed by atoms with Crippen molar-refractivity contribution in [3.05, 3.63) is 66.4 Å². The maximum atomic E-state index is 14.1. The van der Waals surface area contributed by atoms with Gasteiger partial charge in [0.15, 0.2) is 0 Å². The van der Waals surface area contributed by atoms with Crippen LogP contribution in [0.3, 0.4) is 0 Å². The van der Waals surface area contributed by atoms with Crippen LogP contribution >= 0.6 is 0 Å². The first-order valence-corrected chi connectivity index (χ1v) is 13.7. The molecule has 0 bridgehead atoms. The summed E-state index contributed by atoms with van der Waals surface area (Å²) in [7, 11) is 2.91. The molecular formula is C28H31N3O5S. The van der Waals surface area contributed by atoms with Gasteiger partial charge >= 0.3 is 0 Å². The second kappa shape index (κ2) is 9.72. The summed E-state index contributed by atoms with van der Waals surface area (Å²) in [4.78, 5) is 17.9. The Morgan fingerprint density at radius 3 is 2.32 bits per heavy atom. The molecular weight excluding hydrogens is 490 g/mol. The number of ether oxygens (including phenoxy) is 2. The molecule has 37 heavy (non-hydrogen) atoms. The smallest absolute Gasteiger partial charge is 0.268 e. The molecule has 1 aromatic heterocycles. The van der Waals surface area contributed by atoms with E-state index in [1.807, 2.05) is 12.1 Å². The van der Waals surface area contributed by atoms with Gasteiger partial charge in [-0.05, 0) is 63.3 Å². The van der Waals surface area contributed by atoms with E-state index in [1.54, 1.807) is 68.6 Å². The zero-order valence-electron chi connectivity index (χ0n) is 21.5. The number of hydrogen-bond donors (Lipinski definition) is 0. The van der Waals surface area contributed by atoms with Gasteiger partial charge in [0.2, 0.25) is 0 Å². The second-order valence-corrected chi connectivity index (χ2v) is 11.3. The Balaban J connectivity index is 1.66. The van der Waals surface area contributed by atoms with E-state index in [9.17, 15) is 13.2 Å². The number of piperidine rings is 1. The highest BCUT2D eigenvalue weighted by Gasteiger charge is 2.30. The average Bonchev–Trinajstić information content (AvgIpc) is 3.31. The van der Waals surface area contributed by atoms with Gasteiger partial charge < -0.3 is 19.3 Å². The van der Waals surface area contributed by atoms with Crippen LogP contribution in [0.25, 0.3) is 21.7 Å². The molecule has 1 fully saturated rings. The first kappa shape index (κ1) is 25.1. The number of likely N-dealkylation sites (tertiary alicyclic amines) is 1. The highest BCUT2D eigenvalue weighted by Crippen LogP contribution is 2.35. The summed E-state index contributed by atoms with van der Waals surface area (Å²) in [6.07, 6.45) is 3.19. The molecule has 1 amide bonds. The van der Waals surface area contributed by atoms with Crippen molar-refractivity contribution in [3.8, 4) is 11.5 Å². The van der Waals surface area contributed by atoms with Crippen LogP contribution in [0.15, 0.2) is 65.7 Å². The van der Waals surface area contributed by atoms with E-state index in [2.05, 4.69) is 11.9 Å². The van der Waals surface area contributed by atoms with E-state index in [1.165, 1.54) is 10.2 Å². The maximum absolute atomic E-state index is 14.1. The molecule has 0 atom stereocenters. The van der Waals surface area contributed by atoms with Crippen LogP contribution < -0.4 is 9.47 Å². The summed E-state index contributed by atoms with van der Waals surface area (Å²) in [5.41, 5.74) is 0.748. The number of amides is 1. The summed E-state index contributed by atoms with van der Waals surface area (Å²) in [6, 6.07) is 15.6. The molecule has 1 aliphatic heterocycles. The Hall–Kier alpha value is -3.56. The van der Waals surface area contributed by atoms with Crippen molar-refractivity contribution in [3.63, 3.8) is 0 Å². The largest absolute Gasteiger partial charge is 0.497 e. The highest BCUT2D eigenvalue weighted by molar-refractivity contribution is 7.90. The minimum absolute atomic E-state index is 0.0925.